The van der Waals surface area contributed by atoms with E-state index >= 15 is 0 Å². The first kappa shape index (κ1) is 12.2. The molecule has 0 spiro atoms. The monoisotopic (exact) mass is 277 g/mol. The van der Waals surface area contributed by atoms with Gasteiger partial charge in [0.1, 0.15) is 19.0 Å². The molecule has 1 aliphatic rings. The average Bonchev–Trinajstić information content (AvgIpc) is 2.83. The fourth-order valence-corrected chi connectivity index (χ4v) is 2.34. The van der Waals surface area contributed by atoms with Gasteiger partial charge in [-0.3, -0.25) is 10.2 Å². The zero-order valence-corrected chi connectivity index (χ0v) is 11.4. The lowest BCUT2D eigenvalue weighted by molar-refractivity contribution is 0.171. The van der Waals surface area contributed by atoms with Crippen LogP contribution in [0, 0.1) is 4.77 Å². The highest BCUT2D eigenvalue weighted by Crippen LogP contribution is 2.33. The van der Waals surface area contributed by atoms with Crippen LogP contribution in [0.15, 0.2) is 18.2 Å². The summed E-state index contributed by atoms with van der Waals surface area (Å²) in [5, 5.41) is 5.78. The topological polar surface area (TPSA) is 62.9 Å². The van der Waals surface area contributed by atoms with Crippen LogP contribution in [0.3, 0.4) is 0 Å². The van der Waals surface area contributed by atoms with Crippen LogP contribution in [0.5, 0.6) is 11.5 Å². The molecule has 5 nitrogen and oxygen atoms in total. The van der Waals surface area contributed by atoms with Gasteiger partial charge in [0, 0.05) is 6.42 Å². The predicted octanol–water partition coefficient (Wildman–Crippen LogP) is 2.58. The van der Waals surface area contributed by atoms with Gasteiger partial charge in [0.2, 0.25) is 4.77 Å². The van der Waals surface area contributed by atoms with E-state index in [0.717, 1.165) is 23.7 Å². The number of fused-ring (bicyclic) bond motifs is 1. The second-order valence-corrected chi connectivity index (χ2v) is 5.01. The van der Waals surface area contributed by atoms with Gasteiger partial charge in [-0.15, -0.1) is 0 Å². The minimum absolute atomic E-state index is 0.324. The molecule has 2 aromatic rings. The third kappa shape index (κ3) is 2.63. The molecule has 0 saturated heterocycles. The van der Waals surface area contributed by atoms with Crippen LogP contribution in [0.2, 0.25) is 0 Å². The normalized spacial score (nSPS) is 15.2. The van der Waals surface area contributed by atoms with E-state index in [0.29, 0.717) is 23.9 Å². The predicted molar refractivity (Wildman–Crippen MR) is 73.3 cm³/mol. The van der Waals surface area contributed by atoms with E-state index in [9.17, 15) is 0 Å². The minimum Gasteiger partial charge on any atom is -0.486 e. The number of hydrogen-bond acceptors (Lipinski definition) is 4. The molecule has 1 atom stereocenters. The average molecular weight is 277 g/mol. The van der Waals surface area contributed by atoms with Crippen LogP contribution in [-0.4, -0.2) is 28.4 Å². The summed E-state index contributed by atoms with van der Waals surface area (Å²) in [6, 6.07) is 6.08. The molecule has 1 aliphatic heterocycles. The van der Waals surface area contributed by atoms with Crippen molar-refractivity contribution in [2.75, 3.05) is 13.2 Å². The molecule has 0 aliphatic carbocycles. The Labute approximate surface area is 116 Å². The zero-order chi connectivity index (χ0) is 13.2. The number of hydrogen-bond donors (Lipinski definition) is 2. The Hall–Kier alpha value is -1.82. The molecule has 0 radical (unpaired) electrons. The number of aromatic nitrogens is 3. The summed E-state index contributed by atoms with van der Waals surface area (Å²) in [5.41, 5.74) is 1.20. The smallest absolute Gasteiger partial charge is 0.213 e. The quantitative estimate of drug-likeness (QED) is 0.846. The fraction of sp³-hybridized carbons (Fsp3) is 0.385. The number of rotatable bonds is 3. The van der Waals surface area contributed by atoms with Gasteiger partial charge >= 0.3 is 0 Å². The molecule has 6 heteroatoms. The largest absolute Gasteiger partial charge is 0.486 e. The van der Waals surface area contributed by atoms with Crippen molar-refractivity contribution >= 4 is 12.2 Å². The van der Waals surface area contributed by atoms with E-state index in [1.165, 1.54) is 5.56 Å². The highest BCUT2D eigenvalue weighted by molar-refractivity contribution is 7.71. The van der Waals surface area contributed by atoms with Crippen molar-refractivity contribution < 1.29 is 9.47 Å². The molecule has 1 unspecified atom stereocenters. The summed E-state index contributed by atoms with van der Waals surface area (Å²) in [6.07, 6.45) is 0.798. The Morgan fingerprint density at radius 3 is 2.79 bits per heavy atom. The fourth-order valence-electron chi connectivity index (χ4n) is 2.18. The van der Waals surface area contributed by atoms with Gasteiger partial charge in [0.05, 0.1) is 0 Å². The van der Waals surface area contributed by atoms with Gasteiger partial charge in [0.25, 0.3) is 0 Å². The summed E-state index contributed by atoms with van der Waals surface area (Å²) in [5.74, 6) is 2.84. The van der Waals surface area contributed by atoms with Gasteiger partial charge in [-0.2, -0.15) is 0 Å². The maximum atomic E-state index is 5.60. The Morgan fingerprint density at radius 1 is 1.26 bits per heavy atom. The summed E-state index contributed by atoms with van der Waals surface area (Å²) < 4.78 is 11.6. The van der Waals surface area contributed by atoms with Crippen molar-refractivity contribution in [2.24, 2.45) is 0 Å². The van der Waals surface area contributed by atoms with Crippen molar-refractivity contribution in [3.05, 3.63) is 34.4 Å². The molecule has 1 aromatic heterocycles. The molecule has 19 heavy (non-hydrogen) atoms. The molecule has 1 aromatic carbocycles. The minimum atomic E-state index is 0.324. The lowest BCUT2D eigenvalue weighted by atomic mass is 9.97. The number of nitrogens with zero attached hydrogens (tertiary/aromatic N) is 1. The first-order valence-electron chi connectivity index (χ1n) is 6.25. The van der Waals surface area contributed by atoms with Gasteiger partial charge in [-0.1, -0.05) is 13.0 Å². The summed E-state index contributed by atoms with van der Waals surface area (Å²) in [4.78, 5) is 4.21. The van der Waals surface area contributed by atoms with Crippen LogP contribution in [-0.2, 0) is 6.42 Å². The van der Waals surface area contributed by atoms with Crippen LogP contribution in [0.25, 0.3) is 0 Å². The molecule has 0 bridgehead atoms. The number of aromatic amines is 2. The van der Waals surface area contributed by atoms with E-state index in [1.807, 2.05) is 12.1 Å². The third-order valence-corrected chi connectivity index (χ3v) is 3.38. The summed E-state index contributed by atoms with van der Waals surface area (Å²) >= 11 is 4.95. The molecular weight excluding hydrogens is 262 g/mol. The molecule has 2 N–H and O–H groups in total. The number of H-pyrrole nitrogens is 2. The first-order valence-corrected chi connectivity index (χ1v) is 6.66. The number of benzene rings is 1. The molecular formula is C13H15N3O2S. The van der Waals surface area contributed by atoms with Crippen LogP contribution in [0.4, 0.5) is 0 Å². The highest BCUT2D eigenvalue weighted by atomic mass is 32.1. The SMILES string of the molecule is CC(Cc1nc(=S)[nH][nH]1)c1ccc2c(c1)OCCO2. The van der Waals surface area contributed by atoms with Crippen molar-refractivity contribution in [3.8, 4) is 11.5 Å². The Kier molecular flexibility index (Phi) is 3.25. The molecule has 2 heterocycles. The van der Waals surface area contributed by atoms with Gasteiger partial charge in [0.15, 0.2) is 11.5 Å². The van der Waals surface area contributed by atoms with Crippen molar-refractivity contribution in [3.63, 3.8) is 0 Å². The third-order valence-electron chi connectivity index (χ3n) is 3.19. The second kappa shape index (κ2) is 5.05. The Balaban J connectivity index is 1.79. The second-order valence-electron chi connectivity index (χ2n) is 4.62. The van der Waals surface area contributed by atoms with Crippen LogP contribution >= 0.6 is 12.2 Å². The lowest BCUT2D eigenvalue weighted by Gasteiger charge is -2.20. The maximum Gasteiger partial charge on any atom is 0.213 e. The van der Waals surface area contributed by atoms with Crippen LogP contribution < -0.4 is 9.47 Å². The number of nitrogens with one attached hydrogen (secondary N) is 2. The highest BCUT2D eigenvalue weighted by Gasteiger charge is 2.15. The van der Waals surface area contributed by atoms with E-state index in [1.54, 1.807) is 0 Å². The molecule has 100 valence electrons. The Bertz CT molecular complexity index is 635. The van der Waals surface area contributed by atoms with Crippen molar-refractivity contribution in [2.45, 2.75) is 19.3 Å². The van der Waals surface area contributed by atoms with Gasteiger partial charge in [-0.05, 0) is 35.8 Å². The molecule has 0 saturated carbocycles. The number of ether oxygens (including phenoxy) is 2. The molecule has 0 amide bonds. The zero-order valence-electron chi connectivity index (χ0n) is 10.6. The van der Waals surface area contributed by atoms with E-state index in [2.05, 4.69) is 28.2 Å². The van der Waals surface area contributed by atoms with Crippen molar-refractivity contribution in [1.82, 2.24) is 15.2 Å². The van der Waals surface area contributed by atoms with Crippen molar-refractivity contribution in [1.29, 1.82) is 0 Å². The first-order chi connectivity index (χ1) is 9.22. The van der Waals surface area contributed by atoms with E-state index in [4.69, 9.17) is 21.7 Å². The maximum absolute atomic E-state index is 5.60. The van der Waals surface area contributed by atoms with E-state index < -0.39 is 0 Å². The van der Waals surface area contributed by atoms with E-state index in [-0.39, 0.29) is 0 Å². The summed E-state index contributed by atoms with van der Waals surface area (Å²) in [7, 11) is 0. The molecule has 0 fully saturated rings. The standard InChI is InChI=1S/C13H15N3O2S/c1-8(6-12-14-13(19)16-15-12)9-2-3-10-11(7-9)18-5-4-17-10/h2-3,7-8H,4-6H2,1H3,(H2,14,15,16,19). The molecule has 3 rings (SSSR count). The lowest BCUT2D eigenvalue weighted by Crippen LogP contribution is -2.15. The summed E-state index contributed by atoms with van der Waals surface area (Å²) in [6.45, 7) is 3.38. The van der Waals surface area contributed by atoms with Crippen LogP contribution in [0.1, 0.15) is 24.2 Å². The Morgan fingerprint density at radius 2 is 2.05 bits per heavy atom. The van der Waals surface area contributed by atoms with Gasteiger partial charge < -0.3 is 9.47 Å². The van der Waals surface area contributed by atoms with Gasteiger partial charge in [-0.25, -0.2) is 4.98 Å².